The highest BCUT2D eigenvalue weighted by atomic mass is 32.2. The highest BCUT2D eigenvalue weighted by Crippen LogP contribution is 2.34. The fourth-order valence-corrected chi connectivity index (χ4v) is 4.95. The normalized spacial score (nSPS) is 24.7. The van der Waals surface area contributed by atoms with E-state index in [-0.39, 0.29) is 18.7 Å². The van der Waals surface area contributed by atoms with Gasteiger partial charge < -0.3 is 20.8 Å². The molecule has 5 N–H and O–H groups in total. The average Bonchev–Trinajstić information content (AvgIpc) is 3.29. The second-order valence-electron chi connectivity index (χ2n) is 8.01. The van der Waals surface area contributed by atoms with Crippen molar-refractivity contribution in [2.75, 3.05) is 17.2 Å². The van der Waals surface area contributed by atoms with Crippen LogP contribution in [0.2, 0.25) is 0 Å². The van der Waals surface area contributed by atoms with Crippen LogP contribution in [-0.4, -0.2) is 53.4 Å². The zero-order valence-electron chi connectivity index (χ0n) is 17.1. The van der Waals surface area contributed by atoms with Crippen LogP contribution in [0.1, 0.15) is 36.4 Å². The molecule has 0 spiro atoms. The van der Waals surface area contributed by atoms with Gasteiger partial charge in [0.05, 0.1) is 18.8 Å². The van der Waals surface area contributed by atoms with E-state index in [4.69, 9.17) is 5.11 Å². The van der Waals surface area contributed by atoms with Gasteiger partial charge in [0.25, 0.3) is 0 Å². The number of aromatic nitrogens is 2. The van der Waals surface area contributed by atoms with Gasteiger partial charge >= 0.3 is 16.4 Å². The van der Waals surface area contributed by atoms with Gasteiger partial charge in [-0.15, -0.1) is 0 Å². The minimum atomic E-state index is -4.42. The van der Waals surface area contributed by atoms with Crippen molar-refractivity contribution in [3.8, 4) is 0 Å². The van der Waals surface area contributed by atoms with E-state index in [1.807, 2.05) is 12.1 Å². The number of fused-ring (bicyclic) bond motifs is 1. The Morgan fingerprint density at radius 2 is 1.91 bits per heavy atom. The first-order valence-electron chi connectivity index (χ1n) is 10.3. The first-order valence-corrected chi connectivity index (χ1v) is 11.7. The molecule has 1 aromatic carbocycles. The van der Waals surface area contributed by atoms with E-state index in [0.717, 1.165) is 12.8 Å². The number of nitrogens with one attached hydrogen (secondary N) is 3. The number of aliphatic hydroxyl groups excluding tert-OH is 1. The summed E-state index contributed by atoms with van der Waals surface area (Å²) in [5, 5.41) is 25.5. The number of benzene rings is 1. The summed E-state index contributed by atoms with van der Waals surface area (Å²) < 4.78 is 29.0. The van der Waals surface area contributed by atoms with Crippen molar-refractivity contribution >= 4 is 28.0 Å². The molecule has 0 unspecified atom stereocenters. The highest BCUT2D eigenvalue weighted by Gasteiger charge is 2.34. The molecular weight excluding hydrogens is 438 g/mol. The minimum Gasteiger partial charge on any atom is -0.464 e. The number of carboxylic acid groups (broad SMARTS) is 1. The molecule has 2 aliphatic carbocycles. The number of hydrogen-bond acceptors (Lipinski definition) is 9. The maximum atomic E-state index is 11.5. The molecule has 11 nitrogen and oxygen atoms in total. The van der Waals surface area contributed by atoms with Gasteiger partial charge in [-0.3, -0.25) is 4.18 Å². The summed E-state index contributed by atoms with van der Waals surface area (Å²) in [6, 6.07) is 10.2. The lowest BCUT2D eigenvalue weighted by atomic mass is 10.1. The predicted octanol–water partition coefficient (Wildman–Crippen LogP) is 1.66. The Labute approximate surface area is 185 Å². The van der Waals surface area contributed by atoms with Crippen molar-refractivity contribution in [3.05, 3.63) is 47.8 Å². The average molecular weight is 464 g/mol. The molecular formula is C20H25N5O6S. The lowest BCUT2D eigenvalue weighted by molar-refractivity contribution is 0.1000. The standard InChI is InChI=1S/C20H25N5O6S/c26-17-8-14(7-13(17)10-31-32(29,30)25-20(27)28)23-18-9-19(22-11-21-18)24-16-6-5-12-3-1-2-4-15(12)16/h1-4,9,11,13-14,16-17,25-26H,5-8,10H2,(H,27,28)(H2,21,22,23,24)/t13-,14-,16+,17+/m1/s1. The molecule has 4 atom stereocenters. The van der Waals surface area contributed by atoms with Gasteiger partial charge in [0.15, 0.2) is 0 Å². The highest BCUT2D eigenvalue weighted by molar-refractivity contribution is 7.85. The summed E-state index contributed by atoms with van der Waals surface area (Å²) in [7, 11) is -4.42. The van der Waals surface area contributed by atoms with E-state index in [9.17, 15) is 18.3 Å². The van der Waals surface area contributed by atoms with Crippen LogP contribution in [0, 0.1) is 5.92 Å². The lowest BCUT2D eigenvalue weighted by Crippen LogP contribution is -2.32. The van der Waals surface area contributed by atoms with Gasteiger partial charge in [-0.1, -0.05) is 24.3 Å². The van der Waals surface area contributed by atoms with E-state index in [0.29, 0.717) is 24.5 Å². The van der Waals surface area contributed by atoms with E-state index in [1.54, 1.807) is 6.07 Å². The SMILES string of the molecule is O=C(O)NS(=O)(=O)OC[C@H]1C[C@@H](Nc2cc(N[C@H]3CCc4ccccc43)ncn2)C[C@@H]1O. The Morgan fingerprint density at radius 1 is 1.16 bits per heavy atom. The van der Waals surface area contributed by atoms with Crippen LogP contribution in [0.5, 0.6) is 0 Å². The van der Waals surface area contributed by atoms with Crippen molar-refractivity contribution in [2.24, 2.45) is 5.92 Å². The van der Waals surface area contributed by atoms with Crippen molar-refractivity contribution in [2.45, 2.75) is 43.9 Å². The van der Waals surface area contributed by atoms with Gasteiger partial charge in [0.2, 0.25) is 0 Å². The molecule has 172 valence electrons. The first-order chi connectivity index (χ1) is 15.3. The molecule has 2 aromatic rings. The quantitative estimate of drug-likeness (QED) is 0.389. The summed E-state index contributed by atoms with van der Waals surface area (Å²) in [5.41, 5.74) is 2.61. The Morgan fingerprint density at radius 3 is 2.69 bits per heavy atom. The number of nitrogens with zero attached hydrogens (tertiary/aromatic N) is 2. The Kier molecular flexibility index (Phi) is 6.44. The smallest absolute Gasteiger partial charge is 0.420 e. The van der Waals surface area contributed by atoms with Gasteiger partial charge in [0.1, 0.15) is 18.0 Å². The largest absolute Gasteiger partial charge is 0.464 e. The summed E-state index contributed by atoms with van der Waals surface area (Å²) in [5.74, 6) is 0.813. The molecule has 0 saturated heterocycles. The van der Waals surface area contributed by atoms with E-state index < -0.39 is 28.4 Å². The van der Waals surface area contributed by atoms with E-state index in [1.165, 1.54) is 22.2 Å². The third-order valence-electron chi connectivity index (χ3n) is 5.78. The predicted molar refractivity (Wildman–Crippen MR) is 115 cm³/mol. The molecule has 1 heterocycles. The molecule has 2 aliphatic rings. The maximum absolute atomic E-state index is 11.5. The molecule has 0 aliphatic heterocycles. The maximum Gasteiger partial charge on any atom is 0.420 e. The van der Waals surface area contributed by atoms with Crippen molar-refractivity contribution < 1.29 is 27.6 Å². The molecule has 4 rings (SSSR count). The molecule has 1 amide bonds. The van der Waals surface area contributed by atoms with Crippen LogP contribution in [0.15, 0.2) is 36.7 Å². The van der Waals surface area contributed by atoms with Crippen LogP contribution in [0.4, 0.5) is 16.4 Å². The summed E-state index contributed by atoms with van der Waals surface area (Å²) in [6.07, 6.45) is 1.76. The topological polar surface area (TPSA) is 163 Å². The van der Waals surface area contributed by atoms with Crippen LogP contribution < -0.4 is 15.4 Å². The number of aryl methyl sites for hydroxylation is 1. The number of aliphatic hydroxyl groups is 1. The zero-order chi connectivity index (χ0) is 22.7. The lowest BCUT2D eigenvalue weighted by Gasteiger charge is -2.17. The number of carbonyl (C=O) groups is 1. The molecule has 32 heavy (non-hydrogen) atoms. The monoisotopic (exact) mass is 463 g/mol. The van der Waals surface area contributed by atoms with Crippen molar-refractivity contribution in [3.63, 3.8) is 0 Å². The number of amides is 1. The van der Waals surface area contributed by atoms with Gasteiger partial charge in [0, 0.05) is 18.0 Å². The zero-order valence-corrected chi connectivity index (χ0v) is 18.0. The minimum absolute atomic E-state index is 0.149. The fourth-order valence-electron chi connectivity index (χ4n) is 4.32. The molecule has 12 heteroatoms. The molecule has 0 bridgehead atoms. The first kappa shape index (κ1) is 22.2. The van der Waals surface area contributed by atoms with Crippen molar-refractivity contribution in [1.29, 1.82) is 0 Å². The number of hydrogen-bond donors (Lipinski definition) is 5. The fraction of sp³-hybridized carbons (Fsp3) is 0.450. The van der Waals surface area contributed by atoms with Gasteiger partial charge in [-0.05, 0) is 36.8 Å². The Balaban J connectivity index is 1.33. The van der Waals surface area contributed by atoms with Crippen molar-refractivity contribution in [1.82, 2.24) is 14.7 Å². The molecule has 0 radical (unpaired) electrons. The van der Waals surface area contributed by atoms with E-state index in [2.05, 4.69) is 36.9 Å². The van der Waals surface area contributed by atoms with Crippen LogP contribution in [0.25, 0.3) is 0 Å². The van der Waals surface area contributed by atoms with E-state index >= 15 is 0 Å². The molecule has 1 fully saturated rings. The molecule has 1 aromatic heterocycles. The summed E-state index contributed by atoms with van der Waals surface area (Å²) >= 11 is 0. The Bertz CT molecular complexity index is 1080. The number of anilines is 2. The number of rotatable bonds is 8. The van der Waals surface area contributed by atoms with Crippen LogP contribution in [0.3, 0.4) is 0 Å². The second-order valence-corrected chi connectivity index (χ2v) is 9.36. The van der Waals surface area contributed by atoms with Gasteiger partial charge in [-0.25, -0.2) is 14.8 Å². The third kappa shape index (κ3) is 5.44. The van der Waals surface area contributed by atoms with Crippen LogP contribution in [-0.2, 0) is 20.9 Å². The summed E-state index contributed by atoms with van der Waals surface area (Å²) in [6.45, 7) is -0.320. The second kappa shape index (κ2) is 9.27. The van der Waals surface area contributed by atoms with Crippen LogP contribution >= 0.6 is 0 Å². The Hall–Kier alpha value is -2.96. The molecule has 1 saturated carbocycles. The third-order valence-corrected chi connectivity index (χ3v) is 6.65. The summed E-state index contributed by atoms with van der Waals surface area (Å²) in [4.78, 5) is 19.0. The van der Waals surface area contributed by atoms with Gasteiger partial charge in [-0.2, -0.15) is 13.1 Å².